The number of hydrogen-bond acceptors (Lipinski definition) is 6. The zero-order valence-corrected chi connectivity index (χ0v) is 21.8. The summed E-state index contributed by atoms with van der Waals surface area (Å²) in [7, 11) is 0. The number of hydrogen-bond donors (Lipinski definition) is 0. The van der Waals surface area contributed by atoms with Gasteiger partial charge >= 0.3 is 5.97 Å². The first-order valence-electron chi connectivity index (χ1n) is 11.7. The van der Waals surface area contributed by atoms with Crippen molar-refractivity contribution in [2.24, 2.45) is 4.99 Å². The van der Waals surface area contributed by atoms with Crippen molar-refractivity contribution in [2.45, 2.75) is 19.9 Å². The fourth-order valence-electron chi connectivity index (χ4n) is 4.20. The first-order valence-corrected chi connectivity index (χ1v) is 12.9. The van der Waals surface area contributed by atoms with Crippen LogP contribution in [-0.2, 0) is 9.53 Å². The minimum absolute atomic E-state index is 0.217. The van der Waals surface area contributed by atoms with E-state index in [2.05, 4.69) is 4.99 Å². The normalized spacial score (nSPS) is 15.2. The standard InChI is InChI=1S/C29H23ClN2O4S/c1-3-35-28(34)25-18(2)31-29-32(26(25)20-12-14-21(30)15-13-20)27(33)24(37-29)17-19-8-7-11-23(16-19)36-22-9-5-4-6-10-22/h4-17,26H,3H2,1-2H3/b24-17+. The Labute approximate surface area is 222 Å². The average molecular weight is 531 g/mol. The molecule has 1 atom stereocenters. The van der Waals surface area contributed by atoms with Crippen LogP contribution < -0.4 is 19.6 Å². The van der Waals surface area contributed by atoms with Gasteiger partial charge in [-0.25, -0.2) is 9.79 Å². The van der Waals surface area contributed by atoms with Crippen molar-refractivity contribution in [1.82, 2.24) is 4.57 Å². The van der Waals surface area contributed by atoms with Crippen LogP contribution in [0.5, 0.6) is 11.5 Å². The Balaban J connectivity index is 1.61. The van der Waals surface area contributed by atoms with Crippen molar-refractivity contribution in [3.05, 3.63) is 126 Å². The summed E-state index contributed by atoms with van der Waals surface area (Å²) in [6, 6.07) is 23.4. The Morgan fingerprint density at radius 3 is 2.51 bits per heavy atom. The fraction of sp³-hybridized carbons (Fsp3) is 0.138. The molecule has 0 aliphatic carbocycles. The van der Waals surface area contributed by atoms with E-state index in [1.807, 2.05) is 72.8 Å². The minimum Gasteiger partial charge on any atom is -0.463 e. The van der Waals surface area contributed by atoms with Gasteiger partial charge in [-0.05, 0) is 67.4 Å². The molecule has 0 N–H and O–H groups in total. The number of nitrogens with zero attached hydrogens (tertiary/aromatic N) is 2. The minimum atomic E-state index is -0.678. The molecular formula is C29H23ClN2O4S. The number of aromatic nitrogens is 1. The highest BCUT2D eigenvalue weighted by atomic mass is 35.5. The number of esters is 1. The monoisotopic (exact) mass is 530 g/mol. The molecule has 6 nitrogen and oxygen atoms in total. The molecule has 0 saturated heterocycles. The van der Waals surface area contributed by atoms with Crippen LogP contribution in [0.15, 0.2) is 99.9 Å². The number of para-hydroxylation sites is 1. The van der Waals surface area contributed by atoms with Gasteiger partial charge in [0.25, 0.3) is 5.56 Å². The lowest BCUT2D eigenvalue weighted by Crippen LogP contribution is -2.39. The van der Waals surface area contributed by atoms with Gasteiger partial charge in [0.15, 0.2) is 4.80 Å². The molecule has 37 heavy (non-hydrogen) atoms. The highest BCUT2D eigenvalue weighted by molar-refractivity contribution is 7.07. The molecule has 1 unspecified atom stereocenters. The SMILES string of the molecule is CCOC(=O)C1=C(C)N=c2s/c(=C/c3cccc(Oc4ccccc4)c3)c(=O)n2C1c1ccc(Cl)cc1. The second kappa shape index (κ2) is 10.6. The molecule has 0 amide bonds. The Morgan fingerprint density at radius 2 is 1.78 bits per heavy atom. The Morgan fingerprint density at radius 1 is 1.05 bits per heavy atom. The molecule has 2 heterocycles. The van der Waals surface area contributed by atoms with Gasteiger partial charge in [0, 0.05) is 5.02 Å². The second-order valence-corrected chi connectivity index (χ2v) is 9.79. The van der Waals surface area contributed by atoms with Gasteiger partial charge in [0.1, 0.15) is 11.5 Å². The summed E-state index contributed by atoms with van der Waals surface area (Å²) in [5, 5.41) is 0.562. The third-order valence-electron chi connectivity index (χ3n) is 5.84. The molecule has 0 spiro atoms. The maximum atomic E-state index is 13.7. The molecule has 4 aromatic rings. The van der Waals surface area contributed by atoms with Crippen LogP contribution in [-0.4, -0.2) is 17.1 Å². The smallest absolute Gasteiger partial charge is 0.338 e. The summed E-state index contributed by atoms with van der Waals surface area (Å²) in [6.45, 7) is 3.72. The van der Waals surface area contributed by atoms with E-state index in [9.17, 15) is 9.59 Å². The summed E-state index contributed by atoms with van der Waals surface area (Å²) in [4.78, 5) is 31.8. The third-order valence-corrected chi connectivity index (χ3v) is 7.07. The molecular weight excluding hydrogens is 508 g/mol. The Bertz CT molecular complexity index is 1670. The third kappa shape index (κ3) is 5.14. The van der Waals surface area contributed by atoms with Crippen LogP contribution in [0.3, 0.4) is 0 Å². The molecule has 0 radical (unpaired) electrons. The lowest BCUT2D eigenvalue weighted by atomic mass is 9.96. The Kier molecular flexibility index (Phi) is 7.08. The lowest BCUT2D eigenvalue weighted by molar-refractivity contribution is -0.139. The van der Waals surface area contributed by atoms with Gasteiger partial charge in [-0.2, -0.15) is 0 Å². The predicted octanol–water partition coefficient (Wildman–Crippen LogP) is 5.24. The molecule has 5 rings (SSSR count). The van der Waals surface area contributed by atoms with Gasteiger partial charge in [0.05, 0.1) is 28.5 Å². The first kappa shape index (κ1) is 24.7. The van der Waals surface area contributed by atoms with Crippen molar-refractivity contribution in [2.75, 3.05) is 6.61 Å². The number of allylic oxidation sites excluding steroid dienone is 1. The summed E-state index contributed by atoms with van der Waals surface area (Å²) < 4.78 is 13.3. The summed E-state index contributed by atoms with van der Waals surface area (Å²) in [5.41, 5.74) is 2.16. The topological polar surface area (TPSA) is 69.9 Å². The zero-order chi connectivity index (χ0) is 25.9. The number of ether oxygens (including phenoxy) is 2. The molecule has 186 valence electrons. The van der Waals surface area contributed by atoms with Gasteiger partial charge < -0.3 is 9.47 Å². The van der Waals surface area contributed by atoms with Gasteiger partial charge in [-0.1, -0.05) is 65.4 Å². The van der Waals surface area contributed by atoms with Crippen molar-refractivity contribution < 1.29 is 14.3 Å². The van der Waals surface area contributed by atoms with E-state index in [1.54, 1.807) is 30.5 Å². The van der Waals surface area contributed by atoms with Crippen LogP contribution in [0.4, 0.5) is 0 Å². The van der Waals surface area contributed by atoms with E-state index >= 15 is 0 Å². The molecule has 0 bridgehead atoms. The number of thiazole rings is 1. The van der Waals surface area contributed by atoms with E-state index in [1.165, 1.54) is 11.3 Å². The van der Waals surface area contributed by atoms with E-state index in [-0.39, 0.29) is 12.2 Å². The molecule has 1 aliphatic rings. The van der Waals surface area contributed by atoms with E-state index in [0.29, 0.717) is 31.4 Å². The van der Waals surface area contributed by atoms with Crippen molar-refractivity contribution in [3.63, 3.8) is 0 Å². The van der Waals surface area contributed by atoms with Gasteiger partial charge in [0.2, 0.25) is 0 Å². The number of benzene rings is 3. The first-order chi connectivity index (χ1) is 17.9. The molecule has 1 aliphatic heterocycles. The van der Waals surface area contributed by atoms with E-state index in [0.717, 1.165) is 16.9 Å². The average Bonchev–Trinajstić information content (AvgIpc) is 3.19. The van der Waals surface area contributed by atoms with Gasteiger partial charge in [-0.15, -0.1) is 0 Å². The van der Waals surface area contributed by atoms with E-state index in [4.69, 9.17) is 21.1 Å². The van der Waals surface area contributed by atoms with Crippen LogP contribution >= 0.6 is 22.9 Å². The van der Waals surface area contributed by atoms with Crippen molar-refractivity contribution in [3.8, 4) is 11.5 Å². The van der Waals surface area contributed by atoms with Crippen LogP contribution in [0.25, 0.3) is 6.08 Å². The molecule has 8 heteroatoms. The number of rotatable bonds is 6. The lowest BCUT2D eigenvalue weighted by Gasteiger charge is -2.24. The van der Waals surface area contributed by atoms with Crippen LogP contribution in [0.1, 0.15) is 31.0 Å². The fourth-order valence-corrected chi connectivity index (χ4v) is 5.37. The Hall–Kier alpha value is -3.94. The molecule has 0 fully saturated rings. The second-order valence-electron chi connectivity index (χ2n) is 8.34. The largest absolute Gasteiger partial charge is 0.463 e. The van der Waals surface area contributed by atoms with Crippen LogP contribution in [0.2, 0.25) is 5.02 Å². The summed E-state index contributed by atoms with van der Waals surface area (Å²) in [6.07, 6.45) is 1.81. The maximum Gasteiger partial charge on any atom is 0.338 e. The summed E-state index contributed by atoms with van der Waals surface area (Å²) >= 11 is 7.39. The van der Waals surface area contributed by atoms with Crippen molar-refractivity contribution >= 4 is 35.0 Å². The maximum absolute atomic E-state index is 13.7. The number of halogens is 1. The van der Waals surface area contributed by atoms with Crippen LogP contribution in [0, 0.1) is 0 Å². The quantitative estimate of drug-likeness (QED) is 0.319. The van der Waals surface area contributed by atoms with E-state index < -0.39 is 12.0 Å². The van der Waals surface area contributed by atoms with Gasteiger partial charge in [-0.3, -0.25) is 9.36 Å². The number of carbonyl (C=O) groups excluding carboxylic acids is 1. The number of carbonyl (C=O) groups is 1. The molecule has 3 aromatic carbocycles. The molecule has 0 saturated carbocycles. The predicted molar refractivity (Wildman–Crippen MR) is 145 cm³/mol. The zero-order valence-electron chi connectivity index (χ0n) is 20.2. The number of fused-ring (bicyclic) bond motifs is 1. The van der Waals surface area contributed by atoms with Crippen molar-refractivity contribution in [1.29, 1.82) is 0 Å². The highest BCUT2D eigenvalue weighted by Crippen LogP contribution is 2.31. The molecule has 1 aromatic heterocycles. The highest BCUT2D eigenvalue weighted by Gasteiger charge is 2.33. The summed E-state index contributed by atoms with van der Waals surface area (Å²) in [5.74, 6) is 0.889.